The van der Waals surface area contributed by atoms with Crippen molar-refractivity contribution in [1.82, 2.24) is 5.32 Å². The van der Waals surface area contributed by atoms with Crippen molar-refractivity contribution in [3.05, 3.63) is 65.2 Å². The number of aromatic hydroxyl groups is 1. The van der Waals surface area contributed by atoms with E-state index in [-0.39, 0.29) is 12.4 Å². The Morgan fingerprint density at radius 3 is 2.53 bits per heavy atom. The van der Waals surface area contributed by atoms with E-state index in [1.54, 1.807) is 12.1 Å². The molecule has 0 aliphatic heterocycles. The minimum Gasteiger partial charge on any atom is -0.508 e. The lowest BCUT2D eigenvalue weighted by atomic mass is 10.0. The molecular formula is C25H37NO4. The molecule has 0 bridgehead atoms. The Morgan fingerprint density at radius 1 is 1.00 bits per heavy atom. The maximum absolute atomic E-state index is 10.5. The fourth-order valence-electron chi connectivity index (χ4n) is 3.56. The number of nitrogens with one attached hydrogen (secondary N) is 1. The Hall–Kier alpha value is -1.92. The van der Waals surface area contributed by atoms with Crippen LogP contribution in [0.4, 0.5) is 0 Å². The predicted molar refractivity (Wildman–Crippen MR) is 121 cm³/mol. The molecule has 166 valence electrons. The largest absolute Gasteiger partial charge is 0.508 e. The number of benzene rings is 2. The molecule has 2 unspecified atom stereocenters. The molecule has 2 aromatic rings. The highest BCUT2D eigenvalue weighted by molar-refractivity contribution is 5.36. The number of ether oxygens (including phenoxy) is 1. The number of phenols is 1. The summed E-state index contributed by atoms with van der Waals surface area (Å²) in [5, 5.41) is 32.9. The van der Waals surface area contributed by atoms with Crippen LogP contribution in [0.3, 0.4) is 0 Å². The molecule has 0 aliphatic carbocycles. The van der Waals surface area contributed by atoms with Gasteiger partial charge in [-0.2, -0.15) is 0 Å². The second kappa shape index (κ2) is 14.1. The Labute approximate surface area is 180 Å². The van der Waals surface area contributed by atoms with Gasteiger partial charge < -0.3 is 25.4 Å². The van der Waals surface area contributed by atoms with Crippen LogP contribution in [0, 0.1) is 0 Å². The topological polar surface area (TPSA) is 82.0 Å². The van der Waals surface area contributed by atoms with Gasteiger partial charge >= 0.3 is 0 Å². The van der Waals surface area contributed by atoms with Crippen LogP contribution in [0.5, 0.6) is 5.75 Å². The standard InChI is InChI=1S/C25H37NO4/c1-2-8-23(11-6-7-15-30-16-14-20-9-4-3-5-10-20)26-18-25(29)21-12-13-24(28)22(17-21)19-27/h3-5,9-10,12-13,17,23,25-29H,2,6-8,11,14-16,18-19H2,1H3. The van der Waals surface area contributed by atoms with E-state index in [0.717, 1.165) is 51.7 Å². The average Bonchev–Trinajstić information content (AvgIpc) is 2.77. The molecule has 0 amide bonds. The predicted octanol–water partition coefficient (Wildman–Crippen LogP) is 4.11. The van der Waals surface area contributed by atoms with Crippen LogP contribution in [-0.4, -0.2) is 41.1 Å². The molecule has 5 nitrogen and oxygen atoms in total. The van der Waals surface area contributed by atoms with E-state index in [1.165, 1.54) is 11.6 Å². The number of rotatable bonds is 15. The van der Waals surface area contributed by atoms with Crippen molar-refractivity contribution in [3.8, 4) is 5.75 Å². The van der Waals surface area contributed by atoms with Crippen molar-refractivity contribution in [1.29, 1.82) is 0 Å². The van der Waals surface area contributed by atoms with Crippen molar-refractivity contribution in [2.75, 3.05) is 19.8 Å². The molecule has 0 fully saturated rings. The van der Waals surface area contributed by atoms with E-state index in [0.29, 0.717) is 23.7 Å². The molecular weight excluding hydrogens is 378 g/mol. The molecule has 2 rings (SSSR count). The van der Waals surface area contributed by atoms with Gasteiger partial charge in [0.05, 0.1) is 19.3 Å². The maximum Gasteiger partial charge on any atom is 0.121 e. The third-order valence-electron chi connectivity index (χ3n) is 5.36. The van der Waals surface area contributed by atoms with Crippen LogP contribution in [0.1, 0.15) is 61.8 Å². The zero-order valence-corrected chi connectivity index (χ0v) is 18.1. The third kappa shape index (κ3) is 8.84. The Balaban J connectivity index is 1.64. The van der Waals surface area contributed by atoms with E-state index in [1.807, 2.05) is 6.07 Å². The van der Waals surface area contributed by atoms with Crippen molar-refractivity contribution >= 4 is 0 Å². The quantitative estimate of drug-likeness (QED) is 0.329. The second-order valence-corrected chi connectivity index (χ2v) is 7.80. The van der Waals surface area contributed by atoms with E-state index in [2.05, 4.69) is 36.5 Å². The Morgan fingerprint density at radius 2 is 1.80 bits per heavy atom. The van der Waals surface area contributed by atoms with Gasteiger partial charge in [-0.1, -0.05) is 49.7 Å². The first-order valence-corrected chi connectivity index (χ1v) is 11.1. The maximum atomic E-state index is 10.5. The third-order valence-corrected chi connectivity index (χ3v) is 5.36. The van der Waals surface area contributed by atoms with Crippen molar-refractivity contribution < 1.29 is 20.1 Å². The van der Waals surface area contributed by atoms with Gasteiger partial charge in [0.15, 0.2) is 0 Å². The van der Waals surface area contributed by atoms with Crippen molar-refractivity contribution in [2.45, 2.75) is 64.2 Å². The van der Waals surface area contributed by atoms with Gasteiger partial charge in [0.2, 0.25) is 0 Å². The van der Waals surface area contributed by atoms with E-state index in [9.17, 15) is 15.3 Å². The van der Waals surface area contributed by atoms with Gasteiger partial charge in [-0.05, 0) is 55.4 Å². The summed E-state index contributed by atoms with van der Waals surface area (Å²) in [6.07, 6.45) is 5.63. The van der Waals surface area contributed by atoms with Crippen LogP contribution in [0.2, 0.25) is 0 Å². The van der Waals surface area contributed by atoms with Crippen molar-refractivity contribution in [2.24, 2.45) is 0 Å². The van der Waals surface area contributed by atoms with Crippen LogP contribution < -0.4 is 5.32 Å². The SMILES string of the molecule is CCCC(CCCCOCCc1ccccc1)NCC(O)c1ccc(O)c(CO)c1. The van der Waals surface area contributed by atoms with Crippen LogP contribution in [0.15, 0.2) is 48.5 Å². The molecule has 0 heterocycles. The Bertz CT molecular complexity index is 708. The van der Waals surface area contributed by atoms with E-state index >= 15 is 0 Å². The number of hydrogen-bond donors (Lipinski definition) is 4. The minimum absolute atomic E-state index is 0.0521. The molecule has 0 spiro atoms. The fourth-order valence-corrected chi connectivity index (χ4v) is 3.56. The minimum atomic E-state index is -0.670. The van der Waals surface area contributed by atoms with Gasteiger partial charge in [-0.3, -0.25) is 0 Å². The normalized spacial score (nSPS) is 13.3. The first kappa shape index (κ1) is 24.4. The molecule has 0 radical (unpaired) electrons. The Kier molecular flexibility index (Phi) is 11.5. The van der Waals surface area contributed by atoms with Crippen LogP contribution >= 0.6 is 0 Å². The summed E-state index contributed by atoms with van der Waals surface area (Å²) >= 11 is 0. The average molecular weight is 416 g/mol. The zero-order chi connectivity index (χ0) is 21.6. The summed E-state index contributed by atoms with van der Waals surface area (Å²) in [4.78, 5) is 0. The first-order valence-electron chi connectivity index (χ1n) is 11.1. The summed E-state index contributed by atoms with van der Waals surface area (Å²) in [6, 6.07) is 15.6. The van der Waals surface area contributed by atoms with Gasteiger partial charge in [-0.25, -0.2) is 0 Å². The lowest BCUT2D eigenvalue weighted by molar-refractivity contribution is 0.131. The van der Waals surface area contributed by atoms with E-state index in [4.69, 9.17) is 4.74 Å². The summed E-state index contributed by atoms with van der Waals surface area (Å²) in [6.45, 7) is 3.92. The number of hydrogen-bond acceptors (Lipinski definition) is 5. The summed E-state index contributed by atoms with van der Waals surface area (Å²) in [7, 11) is 0. The first-order chi connectivity index (χ1) is 14.6. The lowest BCUT2D eigenvalue weighted by Crippen LogP contribution is -2.32. The van der Waals surface area contributed by atoms with Crippen molar-refractivity contribution in [3.63, 3.8) is 0 Å². The zero-order valence-electron chi connectivity index (χ0n) is 18.1. The number of aliphatic hydroxyl groups excluding tert-OH is 2. The van der Waals surface area contributed by atoms with Gasteiger partial charge in [-0.15, -0.1) is 0 Å². The molecule has 0 saturated carbocycles. The molecule has 2 atom stereocenters. The lowest BCUT2D eigenvalue weighted by Gasteiger charge is -2.21. The van der Waals surface area contributed by atoms with Crippen LogP contribution in [0.25, 0.3) is 0 Å². The molecule has 0 aromatic heterocycles. The summed E-state index contributed by atoms with van der Waals surface area (Å²) in [5.74, 6) is 0.0521. The highest BCUT2D eigenvalue weighted by atomic mass is 16.5. The number of unbranched alkanes of at least 4 members (excludes halogenated alkanes) is 1. The molecule has 0 saturated heterocycles. The van der Waals surface area contributed by atoms with Gasteiger partial charge in [0.1, 0.15) is 5.75 Å². The monoisotopic (exact) mass is 415 g/mol. The van der Waals surface area contributed by atoms with E-state index < -0.39 is 6.10 Å². The fraction of sp³-hybridized carbons (Fsp3) is 0.520. The molecule has 30 heavy (non-hydrogen) atoms. The highest BCUT2D eigenvalue weighted by Gasteiger charge is 2.13. The highest BCUT2D eigenvalue weighted by Crippen LogP contribution is 2.22. The summed E-state index contributed by atoms with van der Waals surface area (Å²) in [5.41, 5.74) is 2.44. The molecule has 5 heteroatoms. The van der Waals surface area contributed by atoms with Crippen LogP contribution in [-0.2, 0) is 17.8 Å². The van der Waals surface area contributed by atoms with Gasteiger partial charge in [0.25, 0.3) is 0 Å². The van der Waals surface area contributed by atoms with Gasteiger partial charge in [0, 0.05) is 24.8 Å². The molecule has 2 aromatic carbocycles. The summed E-state index contributed by atoms with van der Waals surface area (Å²) < 4.78 is 5.77. The molecule has 4 N–H and O–H groups in total. The number of aliphatic hydroxyl groups is 2. The smallest absolute Gasteiger partial charge is 0.121 e. The second-order valence-electron chi connectivity index (χ2n) is 7.80. The molecule has 0 aliphatic rings.